The lowest BCUT2D eigenvalue weighted by molar-refractivity contribution is 0.743. The Morgan fingerprint density at radius 1 is 0.339 bits per heavy atom. The second kappa shape index (κ2) is 22.1. The molecule has 0 radical (unpaired) electrons. The van der Waals surface area contributed by atoms with Crippen LogP contribution in [0.4, 0.5) is 22.7 Å². The summed E-state index contributed by atoms with van der Waals surface area (Å²) in [5, 5.41) is 0. The van der Waals surface area contributed by atoms with Crippen molar-refractivity contribution < 1.29 is 0 Å². The highest BCUT2D eigenvalue weighted by Gasteiger charge is 2.54. The lowest BCUT2D eigenvalue weighted by Gasteiger charge is -2.33. The molecule has 0 aliphatic carbocycles. The van der Waals surface area contributed by atoms with Crippen molar-refractivity contribution in [1.29, 1.82) is 0 Å². The van der Waals surface area contributed by atoms with Crippen LogP contribution in [0.1, 0.15) is 129 Å². The molecule has 0 saturated carbocycles. The first-order chi connectivity index (χ1) is 28.6. The third kappa shape index (κ3) is 10.5. The average molecular weight is 817 g/mol. The summed E-state index contributed by atoms with van der Waals surface area (Å²) in [6.45, 7) is 26.3. The summed E-state index contributed by atoms with van der Waals surface area (Å²) in [5.74, 6) is 0. The van der Waals surface area contributed by atoms with Crippen LogP contribution >= 0.6 is 11.8 Å². The van der Waals surface area contributed by atoms with Gasteiger partial charge in [0.05, 0.1) is 0 Å². The molecule has 0 fully saturated rings. The molecule has 320 valence electrons. The molecule has 0 bridgehead atoms. The maximum absolute atomic E-state index is 8.03. The van der Waals surface area contributed by atoms with Crippen molar-refractivity contribution >= 4 is 45.7 Å². The molecule has 59 heavy (non-hydrogen) atoms. The van der Waals surface area contributed by atoms with Crippen molar-refractivity contribution in [2.45, 2.75) is 116 Å². The zero-order valence-electron chi connectivity index (χ0n) is 37.9. The van der Waals surface area contributed by atoms with Crippen LogP contribution in [0.15, 0.2) is 97.1 Å². The molecule has 1 aliphatic heterocycles. The zero-order valence-corrected chi connectivity index (χ0v) is 38.7. The molecule has 5 rings (SSSR count). The SMILES string of the molecule is CCCN(CCC)c1ccc(C2=C(c3ccc(N(CCC)CCC)cc3)C(N)(c3ccc(N(CCC)CCC)cc3)SC2(N)c2ccc(N(CCC)CCC)cc2)cc1. The van der Waals surface area contributed by atoms with Crippen LogP contribution in [0.3, 0.4) is 0 Å². The van der Waals surface area contributed by atoms with Crippen molar-refractivity contribution in [1.82, 2.24) is 0 Å². The Labute approximate surface area is 363 Å². The van der Waals surface area contributed by atoms with Gasteiger partial charge in [0, 0.05) is 86.3 Å². The van der Waals surface area contributed by atoms with Gasteiger partial charge in [0.2, 0.25) is 0 Å². The highest BCUT2D eigenvalue weighted by molar-refractivity contribution is 8.02. The fourth-order valence-corrected chi connectivity index (χ4v) is 10.7. The Hall–Kier alpha value is -3.91. The molecule has 1 heterocycles. The predicted molar refractivity (Wildman–Crippen MR) is 263 cm³/mol. The number of nitrogens with two attached hydrogens (primary N) is 2. The number of benzene rings is 4. The van der Waals surface area contributed by atoms with Gasteiger partial charge in [-0.25, -0.2) is 0 Å². The van der Waals surface area contributed by atoms with Crippen LogP contribution < -0.4 is 31.1 Å². The third-order valence-corrected chi connectivity index (χ3v) is 13.2. The average Bonchev–Trinajstić information content (AvgIpc) is 3.51. The first kappa shape index (κ1) is 46.2. The fourth-order valence-electron chi connectivity index (χ4n) is 9.01. The van der Waals surface area contributed by atoms with E-state index in [1.165, 1.54) is 22.7 Å². The largest absolute Gasteiger partial charge is 0.372 e. The molecule has 7 heteroatoms. The second-order valence-corrected chi connectivity index (χ2v) is 18.0. The Morgan fingerprint density at radius 2 is 0.542 bits per heavy atom. The van der Waals surface area contributed by atoms with Gasteiger partial charge in [-0.2, -0.15) is 0 Å². The summed E-state index contributed by atoms with van der Waals surface area (Å²) in [6, 6.07) is 36.5. The van der Waals surface area contributed by atoms with E-state index in [1.54, 1.807) is 11.8 Å². The molecule has 0 spiro atoms. The summed E-state index contributed by atoms with van der Waals surface area (Å²) in [4.78, 5) is 8.10. The predicted octanol–water partition coefficient (Wildman–Crippen LogP) is 12.5. The second-order valence-electron chi connectivity index (χ2n) is 16.5. The van der Waals surface area contributed by atoms with E-state index in [9.17, 15) is 0 Å². The molecule has 2 atom stereocenters. The quantitative estimate of drug-likeness (QED) is 0.0730. The number of hydrogen-bond donors (Lipinski definition) is 2. The van der Waals surface area contributed by atoms with Gasteiger partial charge in [0.1, 0.15) is 9.74 Å². The fraction of sp³-hybridized carbons (Fsp3) is 0.500. The van der Waals surface area contributed by atoms with E-state index in [-0.39, 0.29) is 0 Å². The maximum atomic E-state index is 8.03. The molecule has 0 saturated heterocycles. The van der Waals surface area contributed by atoms with Crippen molar-refractivity contribution in [3.63, 3.8) is 0 Å². The van der Waals surface area contributed by atoms with Crippen LogP contribution in [0.25, 0.3) is 11.1 Å². The van der Waals surface area contributed by atoms with Crippen LogP contribution in [0.5, 0.6) is 0 Å². The van der Waals surface area contributed by atoms with E-state index in [1.807, 2.05) is 0 Å². The summed E-state index contributed by atoms with van der Waals surface area (Å²) in [7, 11) is 0. The summed E-state index contributed by atoms with van der Waals surface area (Å²) in [5.41, 5.74) is 27.5. The first-order valence-corrected chi connectivity index (χ1v) is 23.9. The molecule has 0 amide bonds. The van der Waals surface area contributed by atoms with Gasteiger partial charge in [-0.05, 0) is 122 Å². The van der Waals surface area contributed by atoms with Crippen LogP contribution in [0, 0.1) is 0 Å². The molecular formula is C52H76N6S. The minimum atomic E-state index is -0.943. The highest BCUT2D eigenvalue weighted by atomic mass is 32.2. The van der Waals surface area contributed by atoms with E-state index in [2.05, 4.69) is 172 Å². The molecule has 4 aromatic rings. The van der Waals surface area contributed by atoms with Gasteiger partial charge in [-0.1, -0.05) is 116 Å². The zero-order chi connectivity index (χ0) is 42.4. The number of anilines is 4. The Morgan fingerprint density at radius 3 is 0.746 bits per heavy atom. The molecule has 4 aromatic carbocycles. The number of thioether (sulfide) groups is 1. The standard InChI is InChI=1S/C52H76N6S/c1-9-33-55(34-10-2)45-25-17-41(18-26-45)49-50(42-19-27-46(28-20-42)56(35-11-3)36-12-4)52(54,44-23-31-48(32-24-44)58(39-15-7)40-16-8)59-51(49,53)43-21-29-47(30-22-43)57(37-13-5)38-14-6/h17-32H,9-16,33-40,53-54H2,1-8H3. The smallest absolute Gasteiger partial charge is 0.117 e. The topological polar surface area (TPSA) is 65.0 Å². The van der Waals surface area contributed by atoms with Crippen LogP contribution in [-0.4, -0.2) is 52.4 Å². The monoisotopic (exact) mass is 817 g/mol. The molecule has 0 aromatic heterocycles. The van der Waals surface area contributed by atoms with E-state index in [4.69, 9.17) is 11.5 Å². The van der Waals surface area contributed by atoms with Crippen molar-refractivity contribution in [3.05, 3.63) is 119 Å². The van der Waals surface area contributed by atoms with Gasteiger partial charge >= 0.3 is 0 Å². The minimum absolute atomic E-state index is 0.943. The molecule has 1 aliphatic rings. The van der Waals surface area contributed by atoms with E-state index in [0.29, 0.717) is 0 Å². The normalized spacial score (nSPS) is 17.7. The number of nitrogens with zero attached hydrogens (tertiary/aromatic N) is 4. The van der Waals surface area contributed by atoms with Crippen molar-refractivity contribution in [2.24, 2.45) is 11.5 Å². The van der Waals surface area contributed by atoms with Gasteiger partial charge in [0.15, 0.2) is 0 Å². The lowest BCUT2D eigenvalue weighted by Crippen LogP contribution is -2.38. The summed E-state index contributed by atoms with van der Waals surface area (Å²) in [6.07, 6.45) is 8.86. The first-order valence-electron chi connectivity index (χ1n) is 23.1. The van der Waals surface area contributed by atoms with Gasteiger partial charge in [-0.3, -0.25) is 0 Å². The van der Waals surface area contributed by atoms with Crippen LogP contribution in [-0.2, 0) is 9.74 Å². The lowest BCUT2D eigenvalue weighted by atomic mass is 9.82. The number of rotatable bonds is 24. The number of hydrogen-bond acceptors (Lipinski definition) is 7. The molecule has 2 unspecified atom stereocenters. The van der Waals surface area contributed by atoms with Gasteiger partial charge in [-0.15, -0.1) is 0 Å². The Kier molecular flexibility index (Phi) is 17.3. The van der Waals surface area contributed by atoms with Gasteiger partial charge < -0.3 is 31.1 Å². The van der Waals surface area contributed by atoms with Crippen molar-refractivity contribution in [2.75, 3.05) is 72.0 Å². The molecule has 4 N–H and O–H groups in total. The molecular weight excluding hydrogens is 741 g/mol. The van der Waals surface area contributed by atoms with E-state index >= 15 is 0 Å². The maximum Gasteiger partial charge on any atom is 0.117 e. The summed E-state index contributed by atoms with van der Waals surface area (Å²) >= 11 is 1.68. The highest BCUT2D eigenvalue weighted by Crippen LogP contribution is 2.64. The summed E-state index contributed by atoms with van der Waals surface area (Å²) < 4.78 is 0. The Balaban J connectivity index is 1.77. The van der Waals surface area contributed by atoms with Crippen molar-refractivity contribution in [3.8, 4) is 0 Å². The third-order valence-electron chi connectivity index (χ3n) is 11.6. The van der Waals surface area contributed by atoms with E-state index in [0.717, 1.165) is 137 Å². The van der Waals surface area contributed by atoms with Crippen LogP contribution in [0.2, 0.25) is 0 Å². The van der Waals surface area contributed by atoms with E-state index < -0.39 is 9.74 Å². The Bertz CT molecular complexity index is 1710. The van der Waals surface area contributed by atoms with Gasteiger partial charge in [0.25, 0.3) is 0 Å². The molecule has 6 nitrogen and oxygen atoms in total. The minimum Gasteiger partial charge on any atom is -0.372 e.